The first-order chi connectivity index (χ1) is 5.77. The van der Waals surface area contributed by atoms with Gasteiger partial charge in [0.15, 0.2) is 5.82 Å². The number of hydrogen-bond acceptors (Lipinski definition) is 3. The molecule has 0 aliphatic carbocycles. The van der Waals surface area contributed by atoms with Gasteiger partial charge in [-0.15, -0.1) is 0 Å². The van der Waals surface area contributed by atoms with Crippen LogP contribution in [-0.4, -0.2) is 12.1 Å². The number of hydrogen-bond donors (Lipinski definition) is 0. The van der Waals surface area contributed by atoms with E-state index < -0.39 is 5.82 Å². The monoisotopic (exact) mass is 168 g/mol. The number of aromatic nitrogens is 1. The molecule has 6 heteroatoms. The average Bonchev–Trinajstić information content (AvgIpc) is 2.05. The average molecular weight is 168 g/mol. The Balaban J connectivity index is 3.09. The van der Waals surface area contributed by atoms with E-state index >= 15 is 0 Å². The fraction of sp³-hybridized carbons (Fsp3) is 0.167. The van der Waals surface area contributed by atoms with Gasteiger partial charge in [-0.05, 0) is 11.6 Å². The number of pyridine rings is 1. The van der Waals surface area contributed by atoms with E-state index in [2.05, 4.69) is 19.7 Å². The molecule has 0 saturated heterocycles. The molecule has 0 saturated carbocycles. The molecule has 0 N–H and O–H groups in total. The number of halogens is 1. The summed E-state index contributed by atoms with van der Waals surface area (Å²) < 4.78 is 17.4. The van der Waals surface area contributed by atoms with E-state index in [-0.39, 0.29) is 11.6 Å². The molecule has 1 rings (SSSR count). The third-order valence-electron chi connectivity index (χ3n) is 1.15. The Morgan fingerprint density at radius 2 is 2.50 bits per heavy atom. The molecule has 5 nitrogen and oxygen atoms in total. The molecular weight excluding hydrogens is 163 g/mol. The van der Waals surface area contributed by atoms with Gasteiger partial charge in [0.05, 0.1) is 12.8 Å². The minimum Gasteiger partial charge on any atom is -0.479 e. The van der Waals surface area contributed by atoms with Crippen molar-refractivity contribution in [1.82, 2.24) is 4.98 Å². The van der Waals surface area contributed by atoms with Gasteiger partial charge in [0.25, 0.3) is 0 Å². The van der Waals surface area contributed by atoms with Crippen molar-refractivity contribution >= 4 is 5.69 Å². The molecular formula is C6H5FN4O. The Morgan fingerprint density at radius 3 is 3.00 bits per heavy atom. The highest BCUT2D eigenvalue weighted by molar-refractivity contribution is 5.36. The van der Waals surface area contributed by atoms with Crippen molar-refractivity contribution in [2.24, 2.45) is 5.11 Å². The number of azide groups is 1. The first-order valence-corrected chi connectivity index (χ1v) is 3.02. The topological polar surface area (TPSA) is 70.9 Å². The van der Waals surface area contributed by atoms with E-state index in [0.717, 1.165) is 6.07 Å². The van der Waals surface area contributed by atoms with Crippen molar-refractivity contribution in [2.45, 2.75) is 0 Å². The Kier molecular flexibility index (Phi) is 2.45. The molecule has 0 aliphatic heterocycles. The fourth-order valence-corrected chi connectivity index (χ4v) is 0.672. The van der Waals surface area contributed by atoms with Crippen LogP contribution in [0.2, 0.25) is 0 Å². The Morgan fingerprint density at radius 1 is 1.75 bits per heavy atom. The minimum absolute atomic E-state index is 0.119. The highest BCUT2D eigenvalue weighted by atomic mass is 19.1. The quantitative estimate of drug-likeness (QED) is 0.385. The van der Waals surface area contributed by atoms with E-state index in [1.165, 1.54) is 13.3 Å². The van der Waals surface area contributed by atoms with Crippen LogP contribution in [0.4, 0.5) is 10.1 Å². The maximum Gasteiger partial charge on any atom is 0.250 e. The summed E-state index contributed by atoms with van der Waals surface area (Å²) in [7, 11) is 1.30. The van der Waals surface area contributed by atoms with Gasteiger partial charge in [0.2, 0.25) is 5.88 Å². The summed E-state index contributed by atoms with van der Waals surface area (Å²) in [4.78, 5) is 6.03. The Hall–Kier alpha value is -1.81. The Labute approximate surface area is 67.4 Å². The molecule has 0 radical (unpaired) electrons. The van der Waals surface area contributed by atoms with Crippen molar-refractivity contribution in [3.05, 3.63) is 28.5 Å². The summed E-state index contributed by atoms with van der Waals surface area (Å²) in [5, 5.41) is 3.17. The van der Waals surface area contributed by atoms with Gasteiger partial charge < -0.3 is 4.74 Å². The smallest absolute Gasteiger partial charge is 0.250 e. The van der Waals surface area contributed by atoms with Gasteiger partial charge >= 0.3 is 0 Å². The van der Waals surface area contributed by atoms with Gasteiger partial charge in [-0.2, -0.15) is 0 Å². The predicted octanol–water partition coefficient (Wildman–Crippen LogP) is 2.17. The molecule has 12 heavy (non-hydrogen) atoms. The second-order valence-corrected chi connectivity index (χ2v) is 1.87. The predicted molar refractivity (Wildman–Crippen MR) is 39.6 cm³/mol. The van der Waals surface area contributed by atoms with E-state index in [1.54, 1.807) is 0 Å². The standard InChI is InChI=1S/C6H5FN4O/c1-12-6-5(7)2-4(3-9-6)10-11-8/h2-3H,1H3. The number of nitrogens with zero attached hydrogens (tertiary/aromatic N) is 4. The number of rotatable bonds is 2. The van der Waals surface area contributed by atoms with E-state index in [1.807, 2.05) is 0 Å². The van der Waals surface area contributed by atoms with E-state index in [0.29, 0.717) is 0 Å². The lowest BCUT2D eigenvalue weighted by Crippen LogP contribution is -1.90. The number of methoxy groups -OCH3 is 1. The third-order valence-corrected chi connectivity index (χ3v) is 1.15. The molecule has 0 atom stereocenters. The first-order valence-electron chi connectivity index (χ1n) is 3.02. The molecule has 0 aliphatic rings. The molecule has 1 aromatic heterocycles. The van der Waals surface area contributed by atoms with Crippen LogP contribution in [-0.2, 0) is 0 Å². The molecule has 62 valence electrons. The van der Waals surface area contributed by atoms with Crippen molar-refractivity contribution in [2.75, 3.05) is 7.11 Å². The molecule has 0 amide bonds. The molecule has 0 unspecified atom stereocenters. The van der Waals surface area contributed by atoms with Gasteiger partial charge in [-0.1, -0.05) is 5.11 Å². The fourth-order valence-electron chi connectivity index (χ4n) is 0.672. The summed E-state index contributed by atoms with van der Waals surface area (Å²) in [6, 6.07) is 1.05. The lowest BCUT2D eigenvalue weighted by Gasteiger charge is -1.98. The lowest BCUT2D eigenvalue weighted by molar-refractivity contribution is 0.369. The van der Waals surface area contributed by atoms with Crippen LogP contribution in [0.15, 0.2) is 17.4 Å². The zero-order valence-corrected chi connectivity index (χ0v) is 6.23. The van der Waals surface area contributed by atoms with Crippen LogP contribution in [0.1, 0.15) is 0 Å². The summed E-state index contributed by atoms with van der Waals surface area (Å²) >= 11 is 0. The normalized spacial score (nSPS) is 8.83. The second-order valence-electron chi connectivity index (χ2n) is 1.87. The van der Waals surface area contributed by atoms with Crippen molar-refractivity contribution in [1.29, 1.82) is 0 Å². The molecule has 1 heterocycles. The number of ether oxygens (including phenoxy) is 1. The minimum atomic E-state index is -0.651. The second kappa shape index (κ2) is 3.54. The van der Waals surface area contributed by atoms with Crippen LogP contribution in [0.5, 0.6) is 5.88 Å². The summed E-state index contributed by atoms with van der Waals surface area (Å²) in [5.41, 5.74) is 8.14. The summed E-state index contributed by atoms with van der Waals surface area (Å²) in [6.07, 6.45) is 1.22. The molecule has 0 spiro atoms. The molecule has 0 bridgehead atoms. The zero-order valence-electron chi connectivity index (χ0n) is 6.23. The highest BCUT2D eigenvalue weighted by Gasteiger charge is 2.02. The molecule has 0 fully saturated rings. The van der Waals surface area contributed by atoms with E-state index in [4.69, 9.17) is 5.53 Å². The van der Waals surface area contributed by atoms with E-state index in [9.17, 15) is 4.39 Å². The van der Waals surface area contributed by atoms with Gasteiger partial charge in [-0.3, -0.25) is 0 Å². The van der Waals surface area contributed by atoms with Gasteiger partial charge in [0, 0.05) is 11.1 Å². The van der Waals surface area contributed by atoms with Gasteiger partial charge in [0.1, 0.15) is 0 Å². The Bertz CT molecular complexity index is 334. The largest absolute Gasteiger partial charge is 0.479 e. The van der Waals surface area contributed by atoms with Crippen LogP contribution in [0.3, 0.4) is 0 Å². The van der Waals surface area contributed by atoms with Crippen LogP contribution in [0.25, 0.3) is 10.4 Å². The maximum atomic E-state index is 12.8. The van der Waals surface area contributed by atoms with Gasteiger partial charge in [-0.25, -0.2) is 9.37 Å². The van der Waals surface area contributed by atoms with Crippen LogP contribution in [0, 0.1) is 5.82 Å². The molecule has 0 aromatic carbocycles. The van der Waals surface area contributed by atoms with Crippen molar-refractivity contribution in [3.63, 3.8) is 0 Å². The van der Waals surface area contributed by atoms with Crippen molar-refractivity contribution in [3.8, 4) is 5.88 Å². The van der Waals surface area contributed by atoms with Crippen molar-refractivity contribution < 1.29 is 9.13 Å². The summed E-state index contributed by atoms with van der Waals surface area (Å²) in [5.74, 6) is -0.769. The zero-order chi connectivity index (χ0) is 8.97. The third kappa shape index (κ3) is 1.62. The molecule has 1 aromatic rings. The lowest BCUT2D eigenvalue weighted by atomic mass is 10.4. The SMILES string of the molecule is COc1ncc(N=[N+]=[N-])cc1F. The van der Waals surface area contributed by atoms with Crippen LogP contribution >= 0.6 is 0 Å². The maximum absolute atomic E-state index is 12.8. The van der Waals surface area contributed by atoms with Crippen LogP contribution < -0.4 is 4.74 Å². The first kappa shape index (κ1) is 8.29. The highest BCUT2D eigenvalue weighted by Crippen LogP contribution is 2.18. The summed E-state index contributed by atoms with van der Waals surface area (Å²) in [6.45, 7) is 0.